The highest BCUT2D eigenvalue weighted by atomic mass is 19.3. The van der Waals surface area contributed by atoms with E-state index in [1.54, 1.807) is 0 Å². The van der Waals surface area contributed by atoms with E-state index in [4.69, 9.17) is 4.74 Å². The summed E-state index contributed by atoms with van der Waals surface area (Å²) in [6.45, 7) is 1.07. The van der Waals surface area contributed by atoms with Gasteiger partial charge in [0.05, 0.1) is 7.11 Å². The van der Waals surface area contributed by atoms with Gasteiger partial charge >= 0.3 is 6.61 Å². The lowest BCUT2D eigenvalue weighted by atomic mass is 10.0. The minimum Gasteiger partial charge on any atom is -0.493 e. The Morgan fingerprint density at radius 1 is 1.08 bits per heavy atom. The summed E-state index contributed by atoms with van der Waals surface area (Å²) in [6, 6.07) is 10.0. The van der Waals surface area contributed by atoms with Crippen LogP contribution in [-0.2, 0) is 12.8 Å². The van der Waals surface area contributed by atoms with Crippen molar-refractivity contribution in [3.05, 3.63) is 53.1 Å². The molecule has 0 atom stereocenters. The van der Waals surface area contributed by atoms with Crippen molar-refractivity contribution < 1.29 is 23.0 Å². The van der Waals surface area contributed by atoms with E-state index in [1.165, 1.54) is 25.3 Å². The highest BCUT2D eigenvalue weighted by Crippen LogP contribution is 2.30. The van der Waals surface area contributed by atoms with Gasteiger partial charge in [-0.05, 0) is 42.2 Å². The predicted molar refractivity (Wildman–Crippen MR) is 92.8 cm³/mol. The molecule has 0 unspecified atom stereocenters. The number of hydrogen-bond acceptors (Lipinski definition) is 3. The van der Waals surface area contributed by atoms with Crippen LogP contribution in [0.5, 0.6) is 11.5 Å². The highest BCUT2D eigenvalue weighted by Gasteiger charge is 2.16. The SMILES string of the molecule is CCc1cccc(CC)c1NC(=O)c1ccc(OC(F)F)c(OC)c1. The van der Waals surface area contributed by atoms with Gasteiger partial charge in [0.2, 0.25) is 0 Å². The molecule has 1 amide bonds. The maximum Gasteiger partial charge on any atom is 0.387 e. The Kier molecular flexibility index (Phi) is 6.33. The summed E-state index contributed by atoms with van der Waals surface area (Å²) in [5.41, 5.74) is 3.17. The van der Waals surface area contributed by atoms with E-state index in [-0.39, 0.29) is 17.4 Å². The maximum atomic E-state index is 12.6. The zero-order valence-electron chi connectivity index (χ0n) is 14.4. The van der Waals surface area contributed by atoms with Crippen LogP contribution in [0.25, 0.3) is 0 Å². The van der Waals surface area contributed by atoms with Crippen LogP contribution in [0.3, 0.4) is 0 Å². The topological polar surface area (TPSA) is 47.6 Å². The molecule has 0 saturated carbocycles. The molecule has 0 heterocycles. The number of anilines is 1. The molecule has 1 N–H and O–H groups in total. The second-order valence-corrected chi connectivity index (χ2v) is 5.36. The molecule has 0 aliphatic heterocycles. The molecular weight excluding hydrogens is 328 g/mol. The van der Waals surface area contributed by atoms with Crippen molar-refractivity contribution in [2.24, 2.45) is 0 Å². The van der Waals surface area contributed by atoms with Crippen LogP contribution in [0, 0.1) is 0 Å². The Hall–Kier alpha value is -2.63. The summed E-state index contributed by atoms with van der Waals surface area (Å²) < 4.78 is 34.2. The van der Waals surface area contributed by atoms with Crippen molar-refractivity contribution in [1.82, 2.24) is 0 Å². The zero-order chi connectivity index (χ0) is 18.4. The van der Waals surface area contributed by atoms with Gasteiger partial charge in [0.15, 0.2) is 11.5 Å². The van der Waals surface area contributed by atoms with Crippen molar-refractivity contribution in [2.45, 2.75) is 33.3 Å². The third kappa shape index (κ3) is 4.47. The van der Waals surface area contributed by atoms with Crippen LogP contribution in [0.4, 0.5) is 14.5 Å². The van der Waals surface area contributed by atoms with Crippen LogP contribution in [0.15, 0.2) is 36.4 Å². The van der Waals surface area contributed by atoms with Gasteiger partial charge in [0.1, 0.15) is 0 Å². The van der Waals surface area contributed by atoms with Gasteiger partial charge in [-0.25, -0.2) is 0 Å². The molecule has 6 heteroatoms. The first-order valence-electron chi connectivity index (χ1n) is 8.05. The molecule has 0 fully saturated rings. The molecule has 0 aromatic heterocycles. The van der Waals surface area contributed by atoms with Crippen LogP contribution in [-0.4, -0.2) is 19.6 Å². The normalized spacial score (nSPS) is 10.6. The number of aryl methyl sites for hydroxylation is 2. The van der Waals surface area contributed by atoms with E-state index >= 15 is 0 Å². The quantitative estimate of drug-likeness (QED) is 0.790. The highest BCUT2D eigenvalue weighted by molar-refractivity contribution is 6.05. The number of nitrogens with one attached hydrogen (secondary N) is 1. The van der Waals surface area contributed by atoms with Gasteiger partial charge in [-0.1, -0.05) is 32.0 Å². The van der Waals surface area contributed by atoms with Crippen molar-refractivity contribution in [2.75, 3.05) is 12.4 Å². The lowest BCUT2D eigenvalue weighted by molar-refractivity contribution is -0.0512. The van der Waals surface area contributed by atoms with Crippen LogP contribution < -0.4 is 14.8 Å². The number of para-hydroxylation sites is 1. The number of ether oxygens (including phenoxy) is 2. The fraction of sp³-hybridized carbons (Fsp3) is 0.316. The Labute approximate surface area is 145 Å². The molecule has 0 saturated heterocycles. The van der Waals surface area contributed by atoms with Crippen molar-refractivity contribution in [1.29, 1.82) is 0 Å². The van der Waals surface area contributed by atoms with Crippen LogP contribution in [0.1, 0.15) is 35.3 Å². The van der Waals surface area contributed by atoms with Crippen molar-refractivity contribution in [3.8, 4) is 11.5 Å². The Balaban J connectivity index is 2.30. The fourth-order valence-electron chi connectivity index (χ4n) is 2.59. The monoisotopic (exact) mass is 349 g/mol. The largest absolute Gasteiger partial charge is 0.493 e. The molecule has 0 aliphatic carbocycles. The number of halogens is 2. The van der Waals surface area contributed by atoms with E-state index in [9.17, 15) is 13.6 Å². The molecule has 134 valence electrons. The average Bonchev–Trinajstić information content (AvgIpc) is 2.61. The van der Waals surface area contributed by atoms with Crippen molar-refractivity contribution >= 4 is 11.6 Å². The number of carbonyl (C=O) groups excluding carboxylic acids is 1. The smallest absolute Gasteiger partial charge is 0.387 e. The summed E-state index contributed by atoms with van der Waals surface area (Å²) in [5.74, 6) is -0.373. The number of benzene rings is 2. The summed E-state index contributed by atoms with van der Waals surface area (Å²) in [7, 11) is 1.33. The third-order valence-corrected chi connectivity index (χ3v) is 3.88. The van der Waals surface area contributed by atoms with Gasteiger partial charge in [0, 0.05) is 11.3 Å². The summed E-state index contributed by atoms with van der Waals surface area (Å²) >= 11 is 0. The van der Waals surface area contributed by atoms with Crippen LogP contribution in [0.2, 0.25) is 0 Å². The number of hydrogen-bond donors (Lipinski definition) is 1. The van der Waals surface area contributed by atoms with Gasteiger partial charge in [-0.3, -0.25) is 4.79 Å². The first-order valence-corrected chi connectivity index (χ1v) is 8.05. The first kappa shape index (κ1) is 18.7. The molecule has 25 heavy (non-hydrogen) atoms. The molecule has 0 spiro atoms. The molecular formula is C19H21F2NO3. The van der Waals surface area contributed by atoms with Gasteiger partial charge in [0.25, 0.3) is 5.91 Å². The van der Waals surface area contributed by atoms with Gasteiger partial charge in [-0.2, -0.15) is 8.78 Å². The van der Waals surface area contributed by atoms with Gasteiger partial charge < -0.3 is 14.8 Å². The van der Waals surface area contributed by atoms with Crippen LogP contribution >= 0.6 is 0 Å². The minimum atomic E-state index is -2.96. The predicted octanol–water partition coefficient (Wildman–Crippen LogP) is 4.67. The Morgan fingerprint density at radius 2 is 1.72 bits per heavy atom. The maximum absolute atomic E-state index is 12.6. The lowest BCUT2D eigenvalue weighted by Gasteiger charge is -2.15. The summed E-state index contributed by atoms with van der Waals surface area (Å²) in [4.78, 5) is 12.6. The van der Waals surface area contributed by atoms with Crippen molar-refractivity contribution in [3.63, 3.8) is 0 Å². The number of rotatable bonds is 7. The number of methoxy groups -OCH3 is 1. The number of alkyl halides is 2. The summed E-state index contributed by atoms with van der Waals surface area (Å²) in [5, 5.41) is 2.93. The number of carbonyl (C=O) groups is 1. The Bertz CT molecular complexity index is 725. The molecule has 0 bridgehead atoms. The summed E-state index contributed by atoms with van der Waals surface area (Å²) in [6.07, 6.45) is 1.57. The van der Waals surface area contributed by atoms with E-state index in [1.807, 2.05) is 32.0 Å². The first-order chi connectivity index (χ1) is 12.0. The number of amides is 1. The third-order valence-electron chi connectivity index (χ3n) is 3.88. The second-order valence-electron chi connectivity index (χ2n) is 5.36. The van der Waals surface area contributed by atoms with E-state index in [0.29, 0.717) is 5.56 Å². The van der Waals surface area contributed by atoms with E-state index in [2.05, 4.69) is 10.1 Å². The lowest BCUT2D eigenvalue weighted by Crippen LogP contribution is -2.15. The van der Waals surface area contributed by atoms with Gasteiger partial charge in [-0.15, -0.1) is 0 Å². The zero-order valence-corrected chi connectivity index (χ0v) is 14.4. The molecule has 0 radical (unpaired) electrons. The molecule has 2 aromatic carbocycles. The minimum absolute atomic E-state index is 0.0763. The average molecular weight is 349 g/mol. The molecule has 2 aromatic rings. The second kappa shape index (κ2) is 8.46. The molecule has 2 rings (SSSR count). The fourth-order valence-corrected chi connectivity index (χ4v) is 2.59. The van der Waals surface area contributed by atoms with E-state index < -0.39 is 6.61 Å². The molecule has 0 aliphatic rings. The Morgan fingerprint density at radius 3 is 2.24 bits per heavy atom. The van der Waals surface area contributed by atoms with E-state index in [0.717, 1.165) is 29.7 Å². The molecule has 4 nitrogen and oxygen atoms in total. The standard InChI is InChI=1S/C19H21F2NO3/c1-4-12-7-6-8-13(5-2)17(12)22-18(23)14-9-10-15(25-19(20)21)16(11-14)24-3/h6-11,19H,4-5H2,1-3H3,(H,22,23).